The van der Waals surface area contributed by atoms with Gasteiger partial charge >= 0.3 is 0 Å². The average molecular weight is 379 g/mol. The van der Waals surface area contributed by atoms with Gasteiger partial charge in [-0.05, 0) is 60.4 Å². The van der Waals surface area contributed by atoms with Crippen LogP contribution >= 0.6 is 35.2 Å². The number of H-pyrrole nitrogens is 1. The van der Waals surface area contributed by atoms with Crippen LogP contribution in [0.5, 0.6) is 0 Å². The predicted molar refractivity (Wildman–Crippen MR) is 98.8 cm³/mol. The van der Waals surface area contributed by atoms with E-state index >= 15 is 0 Å². The zero-order valence-corrected chi connectivity index (χ0v) is 15.3. The van der Waals surface area contributed by atoms with Gasteiger partial charge in [-0.3, -0.25) is 14.5 Å². The first-order valence-corrected chi connectivity index (χ1v) is 8.92. The molecule has 0 aliphatic carbocycles. The minimum absolute atomic E-state index is 0.109. The Morgan fingerprint density at radius 3 is 2.79 bits per heavy atom. The van der Waals surface area contributed by atoms with Crippen LogP contribution in [0.2, 0.25) is 5.02 Å². The fourth-order valence-corrected chi connectivity index (χ4v) is 3.42. The Morgan fingerprint density at radius 2 is 2.12 bits per heavy atom. The molecule has 0 aliphatic heterocycles. The largest absolute Gasteiger partial charge is 0.350 e. The number of amides is 1. The zero-order chi connectivity index (χ0) is 17.1. The second-order valence-corrected chi connectivity index (χ2v) is 7.07. The van der Waals surface area contributed by atoms with E-state index in [1.54, 1.807) is 28.0 Å². The summed E-state index contributed by atoms with van der Waals surface area (Å²) in [5, 5.41) is 12.5. The molecule has 1 amide bonds. The fraction of sp³-hybridized carbons (Fsp3) is 0.188. The molecule has 2 heterocycles. The van der Waals surface area contributed by atoms with Crippen molar-refractivity contribution in [1.82, 2.24) is 20.1 Å². The van der Waals surface area contributed by atoms with Crippen molar-refractivity contribution in [1.29, 1.82) is 0 Å². The van der Waals surface area contributed by atoms with E-state index in [1.807, 2.05) is 30.5 Å². The molecule has 2 N–H and O–H groups in total. The lowest BCUT2D eigenvalue weighted by atomic mass is 10.2. The first-order valence-electron chi connectivity index (χ1n) is 7.25. The number of benzene rings is 1. The molecule has 24 heavy (non-hydrogen) atoms. The maximum atomic E-state index is 12.3. The second-order valence-electron chi connectivity index (χ2n) is 5.25. The number of carbonyl (C=O) groups excluding carboxylic acids is 1. The van der Waals surface area contributed by atoms with Gasteiger partial charge in [0.2, 0.25) is 5.91 Å². The molecule has 8 heteroatoms. The summed E-state index contributed by atoms with van der Waals surface area (Å²) in [5.74, 6) is 0.495. The van der Waals surface area contributed by atoms with Crippen molar-refractivity contribution in [3.05, 3.63) is 55.9 Å². The van der Waals surface area contributed by atoms with Crippen molar-refractivity contribution in [3.63, 3.8) is 0 Å². The Bertz CT molecular complexity index is 911. The molecule has 1 aromatic carbocycles. The summed E-state index contributed by atoms with van der Waals surface area (Å²) >= 11 is 12.8. The van der Waals surface area contributed by atoms with E-state index in [4.69, 9.17) is 23.8 Å². The van der Waals surface area contributed by atoms with Gasteiger partial charge in [0.25, 0.3) is 0 Å². The minimum atomic E-state index is -0.115. The highest BCUT2D eigenvalue weighted by Crippen LogP contribution is 2.20. The lowest BCUT2D eigenvalue weighted by Gasteiger charge is -2.08. The third-order valence-corrected chi connectivity index (χ3v) is 5.16. The first-order chi connectivity index (χ1) is 11.5. The molecule has 0 fully saturated rings. The van der Waals surface area contributed by atoms with E-state index in [1.165, 1.54) is 5.56 Å². The average Bonchev–Trinajstić information content (AvgIpc) is 3.13. The summed E-state index contributed by atoms with van der Waals surface area (Å²) in [7, 11) is 0. The summed E-state index contributed by atoms with van der Waals surface area (Å²) in [6.45, 7) is 2.66. The number of aromatic amines is 1. The van der Waals surface area contributed by atoms with Crippen LogP contribution in [-0.4, -0.2) is 20.7 Å². The van der Waals surface area contributed by atoms with Gasteiger partial charge in [0.05, 0.1) is 6.54 Å². The molecule has 0 atom stereocenters. The number of rotatable bonds is 5. The van der Waals surface area contributed by atoms with E-state index in [-0.39, 0.29) is 12.5 Å². The normalized spacial score (nSPS) is 10.8. The highest BCUT2D eigenvalue weighted by atomic mass is 35.5. The van der Waals surface area contributed by atoms with Crippen LogP contribution in [0.25, 0.3) is 11.4 Å². The Balaban J connectivity index is 1.74. The van der Waals surface area contributed by atoms with Crippen LogP contribution in [-0.2, 0) is 17.9 Å². The van der Waals surface area contributed by atoms with Crippen LogP contribution in [0.15, 0.2) is 35.7 Å². The number of hydrogen-bond donors (Lipinski definition) is 2. The molecule has 0 saturated heterocycles. The molecule has 5 nitrogen and oxygen atoms in total. The van der Waals surface area contributed by atoms with Crippen molar-refractivity contribution >= 4 is 41.1 Å². The lowest BCUT2D eigenvalue weighted by molar-refractivity contribution is -0.121. The number of nitrogens with zero attached hydrogens (tertiary/aromatic N) is 2. The quantitative estimate of drug-likeness (QED) is 0.661. The minimum Gasteiger partial charge on any atom is -0.350 e. The topological polar surface area (TPSA) is 62.7 Å². The summed E-state index contributed by atoms with van der Waals surface area (Å²) in [5.41, 5.74) is 2.02. The lowest BCUT2D eigenvalue weighted by Crippen LogP contribution is -2.27. The summed E-state index contributed by atoms with van der Waals surface area (Å²) in [4.78, 5) is 13.4. The second kappa shape index (κ2) is 7.29. The summed E-state index contributed by atoms with van der Waals surface area (Å²) < 4.78 is 2.08. The van der Waals surface area contributed by atoms with E-state index in [9.17, 15) is 4.79 Å². The molecule has 2 aromatic heterocycles. The fourth-order valence-electron chi connectivity index (χ4n) is 2.25. The zero-order valence-electron chi connectivity index (χ0n) is 12.9. The molecule has 3 aromatic rings. The number of hydrogen-bond acceptors (Lipinski definition) is 4. The number of aryl methyl sites for hydroxylation is 1. The van der Waals surface area contributed by atoms with Gasteiger partial charge in [-0.2, -0.15) is 5.10 Å². The van der Waals surface area contributed by atoms with Crippen molar-refractivity contribution < 1.29 is 4.79 Å². The van der Waals surface area contributed by atoms with Gasteiger partial charge in [0.15, 0.2) is 10.6 Å². The monoisotopic (exact) mass is 378 g/mol. The molecule has 0 saturated carbocycles. The molecular weight excluding hydrogens is 364 g/mol. The maximum Gasteiger partial charge on any atom is 0.240 e. The smallest absolute Gasteiger partial charge is 0.240 e. The van der Waals surface area contributed by atoms with Crippen LogP contribution in [0.3, 0.4) is 0 Å². The molecule has 124 valence electrons. The SMILES string of the molecule is Cc1ccsc1CNC(=O)Cn1c(-c2ccc(Cl)cc2)n[nH]c1=S. The Hall–Kier alpha value is -1.96. The molecule has 0 aliphatic rings. The number of thiophene rings is 1. The van der Waals surface area contributed by atoms with Crippen LogP contribution in [0, 0.1) is 11.7 Å². The van der Waals surface area contributed by atoms with Gasteiger partial charge in [0, 0.05) is 15.5 Å². The molecular formula is C16H15ClN4OS2. The maximum absolute atomic E-state index is 12.3. The number of nitrogens with one attached hydrogen (secondary N) is 2. The standard InChI is InChI=1S/C16H15ClN4OS2/c1-10-6-7-24-13(10)8-18-14(22)9-21-15(19-20-16(21)23)11-2-4-12(17)5-3-11/h2-7H,8-9H2,1H3,(H,18,22)(H,20,23). The van der Waals surface area contributed by atoms with Crippen molar-refractivity contribution in [2.45, 2.75) is 20.0 Å². The van der Waals surface area contributed by atoms with Gasteiger partial charge in [-0.25, -0.2) is 0 Å². The number of halogens is 1. The van der Waals surface area contributed by atoms with Crippen LogP contribution in [0.4, 0.5) is 0 Å². The molecule has 0 radical (unpaired) electrons. The van der Waals surface area contributed by atoms with Gasteiger partial charge < -0.3 is 5.32 Å². The van der Waals surface area contributed by atoms with E-state index in [0.29, 0.717) is 22.2 Å². The molecule has 0 spiro atoms. The van der Waals surface area contributed by atoms with E-state index in [0.717, 1.165) is 10.4 Å². The van der Waals surface area contributed by atoms with Gasteiger partial charge in [0.1, 0.15) is 6.54 Å². The van der Waals surface area contributed by atoms with E-state index < -0.39 is 0 Å². The first kappa shape index (κ1) is 16.9. The molecule has 3 rings (SSSR count). The van der Waals surface area contributed by atoms with Crippen LogP contribution < -0.4 is 5.32 Å². The third kappa shape index (κ3) is 3.75. The third-order valence-electron chi connectivity index (χ3n) is 3.58. The molecule has 0 unspecified atom stereocenters. The molecule has 0 bridgehead atoms. The Kier molecular flexibility index (Phi) is 5.13. The highest BCUT2D eigenvalue weighted by Gasteiger charge is 2.12. The van der Waals surface area contributed by atoms with Crippen molar-refractivity contribution in [3.8, 4) is 11.4 Å². The summed E-state index contributed by atoms with van der Waals surface area (Å²) in [6.07, 6.45) is 0. The van der Waals surface area contributed by atoms with Gasteiger partial charge in [-0.15, -0.1) is 11.3 Å². The Morgan fingerprint density at radius 1 is 1.38 bits per heavy atom. The summed E-state index contributed by atoms with van der Waals surface area (Å²) in [6, 6.07) is 9.28. The number of aromatic nitrogens is 3. The Labute approximate surface area is 153 Å². The number of carbonyl (C=O) groups is 1. The van der Waals surface area contributed by atoms with Gasteiger partial charge in [-0.1, -0.05) is 11.6 Å². The van der Waals surface area contributed by atoms with E-state index in [2.05, 4.69) is 15.5 Å². The van der Waals surface area contributed by atoms with Crippen molar-refractivity contribution in [2.75, 3.05) is 0 Å². The predicted octanol–water partition coefficient (Wildman–Crippen LogP) is 3.95. The van der Waals surface area contributed by atoms with Crippen molar-refractivity contribution in [2.24, 2.45) is 0 Å². The van der Waals surface area contributed by atoms with Crippen LogP contribution in [0.1, 0.15) is 10.4 Å². The highest BCUT2D eigenvalue weighted by molar-refractivity contribution is 7.71.